The molecule has 1 N–H and O–H groups in total. The molecule has 0 aliphatic heterocycles. The maximum absolute atomic E-state index is 11.4. The number of aliphatic carboxylic acids is 1. The zero-order chi connectivity index (χ0) is 14.7. The van der Waals surface area contributed by atoms with Gasteiger partial charge in [0.2, 0.25) is 0 Å². The van der Waals surface area contributed by atoms with E-state index in [1.807, 2.05) is 38.1 Å². The highest BCUT2D eigenvalue weighted by Gasteiger charge is 2.25. The van der Waals surface area contributed by atoms with Gasteiger partial charge in [-0.15, -0.1) is 0 Å². The molecule has 0 unspecified atom stereocenters. The lowest BCUT2D eigenvalue weighted by Crippen LogP contribution is -2.27. The van der Waals surface area contributed by atoms with Crippen LogP contribution < -0.4 is 0 Å². The Morgan fingerprint density at radius 3 is 2.16 bits per heavy atom. The molecule has 0 spiro atoms. The first-order valence-corrected chi connectivity index (χ1v) is 8.15. The Bertz CT molecular complexity index is 541. The number of carboxylic acid groups (broad SMARTS) is 1. The number of rotatable bonds is 6. The van der Waals surface area contributed by atoms with Crippen LogP contribution in [0, 0.1) is 0 Å². The molecule has 0 fully saturated rings. The fourth-order valence-corrected chi connectivity index (χ4v) is 3.59. The van der Waals surface area contributed by atoms with E-state index in [0.717, 1.165) is 11.1 Å². The van der Waals surface area contributed by atoms with E-state index < -0.39 is 21.2 Å². The van der Waals surface area contributed by atoms with Gasteiger partial charge in [0.15, 0.2) is 0 Å². The van der Waals surface area contributed by atoms with E-state index in [1.54, 1.807) is 0 Å². The van der Waals surface area contributed by atoms with Gasteiger partial charge in [-0.1, -0.05) is 38.1 Å². The zero-order valence-electron chi connectivity index (χ0n) is 11.5. The minimum Gasteiger partial charge on any atom is -0.481 e. The Balaban J connectivity index is 2.83. The summed E-state index contributed by atoms with van der Waals surface area (Å²) in [6.07, 6.45) is 1.82. The Morgan fingerprint density at radius 1 is 1.21 bits per heavy atom. The normalized spacial score (nSPS) is 12.4. The topological polar surface area (TPSA) is 71.4 Å². The molecule has 4 nitrogen and oxygen atoms in total. The molecule has 0 saturated heterocycles. The van der Waals surface area contributed by atoms with Gasteiger partial charge in [0.1, 0.15) is 9.84 Å². The highest BCUT2D eigenvalue weighted by Crippen LogP contribution is 2.25. The van der Waals surface area contributed by atoms with Crippen molar-refractivity contribution in [3.8, 4) is 0 Å². The van der Waals surface area contributed by atoms with Crippen LogP contribution in [0.5, 0.6) is 0 Å². The van der Waals surface area contributed by atoms with Crippen LogP contribution in [0.4, 0.5) is 0 Å². The van der Waals surface area contributed by atoms with Crippen LogP contribution in [0.15, 0.2) is 24.3 Å². The maximum atomic E-state index is 11.4. The van der Waals surface area contributed by atoms with Crippen LogP contribution in [-0.4, -0.2) is 31.5 Å². The van der Waals surface area contributed by atoms with Crippen molar-refractivity contribution in [1.82, 2.24) is 0 Å². The Hall–Kier alpha value is -1.36. The molecule has 5 heteroatoms. The fraction of sp³-hybridized carbons (Fsp3) is 0.500. The van der Waals surface area contributed by atoms with Crippen LogP contribution in [0.3, 0.4) is 0 Å². The molecule has 0 saturated carbocycles. The SMILES string of the molecule is CC(C)(CS(C)(=O)=O)c1ccc(CCC(=O)O)cc1. The average Bonchev–Trinajstić information content (AvgIpc) is 2.23. The first-order valence-electron chi connectivity index (χ1n) is 6.09. The van der Waals surface area contributed by atoms with Gasteiger partial charge < -0.3 is 5.11 Å². The van der Waals surface area contributed by atoms with Crippen LogP contribution in [-0.2, 0) is 26.5 Å². The van der Waals surface area contributed by atoms with E-state index in [1.165, 1.54) is 6.26 Å². The van der Waals surface area contributed by atoms with Gasteiger partial charge in [-0.3, -0.25) is 4.79 Å². The third-order valence-corrected chi connectivity index (χ3v) is 4.23. The number of sulfone groups is 1. The molecule has 0 heterocycles. The van der Waals surface area contributed by atoms with E-state index in [9.17, 15) is 13.2 Å². The summed E-state index contributed by atoms with van der Waals surface area (Å²) in [6.45, 7) is 3.78. The summed E-state index contributed by atoms with van der Waals surface area (Å²) in [6, 6.07) is 7.48. The average molecular weight is 284 g/mol. The molecule has 0 bridgehead atoms. The summed E-state index contributed by atoms with van der Waals surface area (Å²) in [5.41, 5.74) is 1.44. The molecule has 0 atom stereocenters. The van der Waals surface area contributed by atoms with Gasteiger partial charge in [0, 0.05) is 18.1 Å². The predicted molar refractivity (Wildman–Crippen MR) is 75.1 cm³/mol. The largest absolute Gasteiger partial charge is 0.481 e. The van der Waals surface area contributed by atoms with Crippen molar-refractivity contribution in [2.75, 3.05) is 12.0 Å². The lowest BCUT2D eigenvalue weighted by Gasteiger charge is -2.24. The van der Waals surface area contributed by atoms with Crippen molar-refractivity contribution in [2.24, 2.45) is 0 Å². The number of hydrogen-bond acceptors (Lipinski definition) is 3. The van der Waals surface area contributed by atoms with E-state index >= 15 is 0 Å². The summed E-state index contributed by atoms with van der Waals surface area (Å²) in [7, 11) is -3.04. The second kappa shape index (κ2) is 5.74. The van der Waals surface area contributed by atoms with Crippen LogP contribution in [0.25, 0.3) is 0 Å². The van der Waals surface area contributed by atoms with Crippen molar-refractivity contribution in [3.05, 3.63) is 35.4 Å². The molecule has 19 heavy (non-hydrogen) atoms. The fourth-order valence-electron chi connectivity index (χ4n) is 2.11. The summed E-state index contributed by atoms with van der Waals surface area (Å²) < 4.78 is 22.8. The maximum Gasteiger partial charge on any atom is 0.303 e. The minimum absolute atomic E-state index is 0.0917. The molecule has 0 aliphatic carbocycles. The van der Waals surface area contributed by atoms with E-state index in [0.29, 0.717) is 6.42 Å². The molecule has 0 aliphatic rings. The van der Waals surface area contributed by atoms with Crippen LogP contribution >= 0.6 is 0 Å². The second-order valence-electron chi connectivity index (χ2n) is 5.54. The summed E-state index contributed by atoms with van der Waals surface area (Å²) in [5, 5.41) is 8.62. The van der Waals surface area contributed by atoms with E-state index in [2.05, 4.69) is 0 Å². The monoisotopic (exact) mass is 284 g/mol. The Kier molecular flexibility index (Phi) is 4.74. The molecule has 0 amide bonds. The van der Waals surface area contributed by atoms with Crippen molar-refractivity contribution in [2.45, 2.75) is 32.1 Å². The summed E-state index contributed by atoms with van der Waals surface area (Å²) >= 11 is 0. The van der Waals surface area contributed by atoms with Gasteiger partial charge in [-0.05, 0) is 17.5 Å². The molecule has 1 aromatic carbocycles. The van der Waals surface area contributed by atoms with Crippen molar-refractivity contribution >= 4 is 15.8 Å². The van der Waals surface area contributed by atoms with E-state index in [4.69, 9.17) is 5.11 Å². The standard InChI is InChI=1S/C14H20O4S/c1-14(2,10-19(3,17)18)12-7-4-11(5-8-12)6-9-13(15)16/h4-5,7-8H,6,9-10H2,1-3H3,(H,15,16). The third-order valence-electron chi connectivity index (χ3n) is 2.99. The first kappa shape index (κ1) is 15.7. The molecular weight excluding hydrogens is 264 g/mol. The lowest BCUT2D eigenvalue weighted by molar-refractivity contribution is -0.136. The highest BCUT2D eigenvalue weighted by molar-refractivity contribution is 7.90. The molecule has 1 aromatic rings. The minimum atomic E-state index is -3.04. The number of benzene rings is 1. The predicted octanol–water partition coefficient (Wildman–Crippen LogP) is 2.03. The van der Waals surface area contributed by atoms with Crippen LogP contribution in [0.2, 0.25) is 0 Å². The second-order valence-corrected chi connectivity index (χ2v) is 7.68. The Labute approximate surface area is 114 Å². The number of hydrogen-bond donors (Lipinski definition) is 1. The molecular formula is C14H20O4S. The van der Waals surface area contributed by atoms with Crippen molar-refractivity contribution in [1.29, 1.82) is 0 Å². The smallest absolute Gasteiger partial charge is 0.303 e. The third kappa shape index (κ3) is 5.42. The van der Waals surface area contributed by atoms with E-state index in [-0.39, 0.29) is 12.2 Å². The highest BCUT2D eigenvalue weighted by atomic mass is 32.2. The zero-order valence-corrected chi connectivity index (χ0v) is 12.3. The van der Waals surface area contributed by atoms with Gasteiger partial charge in [0.25, 0.3) is 0 Å². The van der Waals surface area contributed by atoms with Gasteiger partial charge in [0.05, 0.1) is 5.75 Å². The molecule has 0 radical (unpaired) electrons. The van der Waals surface area contributed by atoms with Crippen molar-refractivity contribution < 1.29 is 18.3 Å². The first-order chi connectivity index (χ1) is 8.60. The van der Waals surface area contributed by atoms with Crippen LogP contribution in [0.1, 0.15) is 31.4 Å². The van der Waals surface area contributed by atoms with Gasteiger partial charge >= 0.3 is 5.97 Å². The molecule has 106 valence electrons. The Morgan fingerprint density at radius 2 is 1.74 bits per heavy atom. The molecule has 1 rings (SSSR count). The van der Waals surface area contributed by atoms with Crippen molar-refractivity contribution in [3.63, 3.8) is 0 Å². The number of aryl methyl sites for hydroxylation is 1. The number of carboxylic acids is 1. The van der Waals surface area contributed by atoms with Gasteiger partial charge in [-0.25, -0.2) is 8.42 Å². The summed E-state index contributed by atoms with van der Waals surface area (Å²) in [4.78, 5) is 10.5. The number of carbonyl (C=O) groups is 1. The lowest BCUT2D eigenvalue weighted by atomic mass is 9.86. The molecule has 0 aromatic heterocycles. The van der Waals surface area contributed by atoms with Gasteiger partial charge in [-0.2, -0.15) is 0 Å². The summed E-state index contributed by atoms with van der Waals surface area (Å²) in [5.74, 6) is -0.726. The quantitative estimate of drug-likeness (QED) is 0.867.